The van der Waals surface area contributed by atoms with Crippen molar-refractivity contribution in [3.63, 3.8) is 0 Å². The van der Waals surface area contributed by atoms with Crippen LogP contribution < -0.4 is 0 Å². The molecule has 7 fully saturated rings. The molecule has 7 aliphatic rings. The lowest BCUT2D eigenvalue weighted by atomic mass is 9.32. The Balaban J connectivity index is 1.13. The van der Waals surface area contributed by atoms with Gasteiger partial charge in [0.2, 0.25) is 0 Å². The molecule has 0 amide bonds. The van der Waals surface area contributed by atoms with Crippen molar-refractivity contribution >= 4 is 0 Å². The standard InChI is InChI=1S/C41H68O13/c1-20(2)21-9-14-41(54-36-34(50)32(48)30(46)24(53-36)18-51-35-33(49)31(47)29(45)23(17-42)52-35)16-15-39(5)22(28(21)41)7-8-26-37(3)12-11-27(44)38(4,19-43)25(37)10-13-40(26,39)6/h21-36,42-50H,1,7-19H2,2-6H3/t21-,22+,23+,24+,25+,26+,27-,28+,29+,30+,31-,32-,33+,34+,35+,36-,37-,38-,39+,40+,41-/m0/s1. The molecule has 5 saturated carbocycles. The quantitative estimate of drug-likeness (QED) is 0.126. The number of hydrogen-bond acceptors (Lipinski definition) is 13. The predicted octanol–water partition coefficient (Wildman–Crippen LogP) is 1.37. The molecule has 0 aromatic carbocycles. The highest BCUT2D eigenvalue weighted by atomic mass is 16.7. The molecule has 2 aliphatic heterocycles. The van der Waals surface area contributed by atoms with Gasteiger partial charge in [0.25, 0.3) is 0 Å². The SMILES string of the molecule is C=C(C)[C@@H]1CC[C@]2(O[C@@H]3O[C@H](CO[C@@H]4O[C@H](CO)[C@@H](O)[C@H](O)[C@H]4O)[C@@H](O)[C@H](O)[C@H]3O)CC[C@]3(C)[C@H](CC[C@@H]4[C@@]5(C)CC[C@H](O)[C@@](C)(CO)[C@@H]5CC[C@]43C)[C@@H]12. The van der Waals surface area contributed by atoms with Gasteiger partial charge in [0.1, 0.15) is 48.8 Å². The zero-order chi connectivity index (χ0) is 39.3. The monoisotopic (exact) mass is 768 g/mol. The Morgan fingerprint density at radius 3 is 1.96 bits per heavy atom. The molecule has 0 radical (unpaired) electrons. The fourth-order valence-corrected chi connectivity index (χ4v) is 14.1. The van der Waals surface area contributed by atoms with Crippen molar-refractivity contribution in [2.75, 3.05) is 19.8 Å². The second-order valence-electron chi connectivity index (χ2n) is 19.6. The molecule has 310 valence electrons. The van der Waals surface area contributed by atoms with Crippen molar-refractivity contribution in [3.05, 3.63) is 12.2 Å². The first-order valence-corrected chi connectivity index (χ1v) is 20.6. The Bertz CT molecular complexity index is 1380. The van der Waals surface area contributed by atoms with Crippen LogP contribution in [0.3, 0.4) is 0 Å². The highest BCUT2D eigenvalue weighted by Crippen LogP contribution is 2.76. The van der Waals surface area contributed by atoms with Crippen molar-refractivity contribution < 1.29 is 64.9 Å². The maximum atomic E-state index is 11.3. The van der Waals surface area contributed by atoms with E-state index in [0.717, 1.165) is 63.4 Å². The lowest BCUT2D eigenvalue weighted by Gasteiger charge is -2.73. The Kier molecular flexibility index (Phi) is 11.1. The molecule has 2 heterocycles. The molecule has 21 atom stereocenters. The van der Waals surface area contributed by atoms with Crippen LogP contribution in [0.2, 0.25) is 0 Å². The minimum atomic E-state index is -1.65. The molecular formula is C41H68O13. The fraction of sp³-hybridized carbons (Fsp3) is 0.951. The van der Waals surface area contributed by atoms with Crippen LogP contribution in [-0.4, -0.2) is 139 Å². The molecule has 13 heteroatoms. The molecule has 0 bridgehead atoms. The van der Waals surface area contributed by atoms with Crippen LogP contribution >= 0.6 is 0 Å². The topological polar surface area (TPSA) is 219 Å². The summed E-state index contributed by atoms with van der Waals surface area (Å²) >= 11 is 0. The van der Waals surface area contributed by atoms with Gasteiger partial charge in [-0.2, -0.15) is 0 Å². The van der Waals surface area contributed by atoms with Gasteiger partial charge < -0.3 is 64.9 Å². The van der Waals surface area contributed by atoms with Crippen LogP contribution in [0.25, 0.3) is 0 Å². The molecule has 0 aromatic rings. The Hall–Kier alpha value is -0.780. The number of allylic oxidation sites excluding steroid dienone is 1. The third-order valence-corrected chi connectivity index (χ3v) is 17.4. The van der Waals surface area contributed by atoms with E-state index in [9.17, 15) is 46.0 Å². The third-order valence-electron chi connectivity index (χ3n) is 17.4. The first-order valence-electron chi connectivity index (χ1n) is 20.6. The molecule has 13 nitrogen and oxygen atoms in total. The van der Waals surface area contributed by atoms with E-state index in [1.54, 1.807) is 0 Å². The van der Waals surface area contributed by atoms with Gasteiger partial charge in [-0.05, 0) is 117 Å². The predicted molar refractivity (Wildman–Crippen MR) is 194 cm³/mol. The molecule has 7 rings (SSSR count). The Labute approximate surface area is 319 Å². The van der Waals surface area contributed by atoms with E-state index >= 15 is 0 Å². The minimum Gasteiger partial charge on any atom is -0.396 e. The first kappa shape index (κ1) is 41.4. The smallest absolute Gasteiger partial charge is 0.187 e. The average molecular weight is 769 g/mol. The number of hydrogen-bond donors (Lipinski definition) is 9. The van der Waals surface area contributed by atoms with E-state index in [4.69, 9.17) is 18.9 Å². The maximum Gasteiger partial charge on any atom is 0.187 e. The number of ether oxygens (including phenoxy) is 4. The summed E-state index contributed by atoms with van der Waals surface area (Å²) in [6.45, 7) is 15.0. The highest BCUT2D eigenvalue weighted by Gasteiger charge is 2.72. The van der Waals surface area contributed by atoms with Crippen LogP contribution in [0.1, 0.15) is 98.8 Å². The normalized spacial score (nSPS) is 57.4. The lowest BCUT2D eigenvalue weighted by Crippen LogP contribution is -2.68. The van der Waals surface area contributed by atoms with Gasteiger partial charge in [-0.25, -0.2) is 0 Å². The minimum absolute atomic E-state index is 0.00410. The van der Waals surface area contributed by atoms with Gasteiger partial charge in [-0.1, -0.05) is 39.8 Å². The number of aliphatic hydroxyl groups is 9. The van der Waals surface area contributed by atoms with E-state index in [1.807, 2.05) is 0 Å². The molecule has 2 saturated heterocycles. The van der Waals surface area contributed by atoms with Gasteiger partial charge >= 0.3 is 0 Å². The summed E-state index contributed by atoms with van der Waals surface area (Å²) in [5, 5.41) is 95.6. The van der Waals surface area contributed by atoms with Crippen LogP contribution in [-0.2, 0) is 18.9 Å². The Morgan fingerprint density at radius 1 is 0.667 bits per heavy atom. The van der Waals surface area contributed by atoms with E-state index in [0.29, 0.717) is 12.3 Å². The number of rotatable bonds is 8. The van der Waals surface area contributed by atoms with Crippen molar-refractivity contribution in [1.29, 1.82) is 0 Å². The largest absolute Gasteiger partial charge is 0.396 e. The van der Waals surface area contributed by atoms with Crippen molar-refractivity contribution in [2.24, 2.45) is 51.2 Å². The molecule has 0 aromatic heterocycles. The highest BCUT2D eigenvalue weighted by molar-refractivity contribution is 5.23. The summed E-state index contributed by atoms with van der Waals surface area (Å²) in [5.41, 5.74) is -0.121. The number of aliphatic hydroxyl groups excluding tert-OH is 9. The second kappa shape index (κ2) is 14.5. The molecule has 0 spiro atoms. The van der Waals surface area contributed by atoms with Crippen molar-refractivity contribution in [1.82, 2.24) is 0 Å². The third kappa shape index (κ3) is 5.96. The molecule has 5 aliphatic carbocycles. The summed E-state index contributed by atoms with van der Waals surface area (Å²) in [6.07, 6.45) is -6.35. The maximum absolute atomic E-state index is 11.3. The van der Waals surface area contributed by atoms with Gasteiger partial charge in [0.15, 0.2) is 12.6 Å². The lowest BCUT2D eigenvalue weighted by molar-refractivity contribution is -0.356. The second-order valence-corrected chi connectivity index (χ2v) is 19.6. The van der Waals surface area contributed by atoms with Gasteiger partial charge in [-0.15, -0.1) is 0 Å². The zero-order valence-corrected chi connectivity index (χ0v) is 32.8. The van der Waals surface area contributed by atoms with Crippen LogP contribution in [0.15, 0.2) is 12.2 Å². The fourth-order valence-electron chi connectivity index (χ4n) is 14.1. The van der Waals surface area contributed by atoms with E-state index in [1.165, 1.54) is 0 Å². The van der Waals surface area contributed by atoms with E-state index in [-0.39, 0.29) is 46.5 Å². The van der Waals surface area contributed by atoms with Gasteiger partial charge in [0, 0.05) is 5.41 Å². The summed E-state index contributed by atoms with van der Waals surface area (Å²) in [6, 6.07) is 0. The van der Waals surface area contributed by atoms with E-state index < -0.39 is 91.7 Å². The molecule has 54 heavy (non-hydrogen) atoms. The van der Waals surface area contributed by atoms with Gasteiger partial charge in [0.05, 0.1) is 31.5 Å². The molecule has 0 unspecified atom stereocenters. The zero-order valence-electron chi connectivity index (χ0n) is 32.8. The summed E-state index contributed by atoms with van der Waals surface area (Å²) in [7, 11) is 0. The number of fused-ring (bicyclic) bond motifs is 7. The van der Waals surface area contributed by atoms with Crippen molar-refractivity contribution in [2.45, 2.75) is 172 Å². The van der Waals surface area contributed by atoms with Crippen molar-refractivity contribution in [3.8, 4) is 0 Å². The van der Waals surface area contributed by atoms with Crippen LogP contribution in [0, 0.1) is 51.2 Å². The summed E-state index contributed by atoms with van der Waals surface area (Å²) < 4.78 is 24.4. The molecular weight excluding hydrogens is 700 g/mol. The van der Waals surface area contributed by atoms with Crippen LogP contribution in [0.4, 0.5) is 0 Å². The van der Waals surface area contributed by atoms with E-state index in [2.05, 4.69) is 41.2 Å². The molecule has 9 N–H and O–H groups in total. The van der Waals surface area contributed by atoms with Gasteiger partial charge in [-0.3, -0.25) is 0 Å². The summed E-state index contributed by atoms with van der Waals surface area (Å²) in [4.78, 5) is 0. The van der Waals surface area contributed by atoms with Crippen LogP contribution in [0.5, 0.6) is 0 Å². The first-order chi connectivity index (χ1) is 25.3. The average Bonchev–Trinajstić information content (AvgIpc) is 3.52. The summed E-state index contributed by atoms with van der Waals surface area (Å²) in [5.74, 6) is 1.23. The Morgan fingerprint density at radius 2 is 1.31 bits per heavy atom.